The molecule has 20 heavy (non-hydrogen) atoms. The minimum absolute atomic E-state index is 0.0872. The van der Waals surface area contributed by atoms with Gasteiger partial charge in [-0.15, -0.1) is 0 Å². The Balaban J connectivity index is 2.23. The van der Waals surface area contributed by atoms with Crippen LogP contribution < -0.4 is 10.6 Å². The van der Waals surface area contributed by atoms with E-state index in [1.165, 1.54) is 32.1 Å². The van der Waals surface area contributed by atoms with Crippen molar-refractivity contribution in [3.8, 4) is 0 Å². The van der Waals surface area contributed by atoms with Crippen LogP contribution in [0, 0.1) is 0 Å². The molecule has 3 heteroatoms. The SMILES string of the molecule is CCCCCCCNc1ccc(CC(=O)NCC)cc1. The van der Waals surface area contributed by atoms with Crippen LogP contribution in [0.2, 0.25) is 0 Å². The van der Waals surface area contributed by atoms with Crippen molar-refractivity contribution >= 4 is 11.6 Å². The predicted molar refractivity (Wildman–Crippen MR) is 86.1 cm³/mol. The maximum Gasteiger partial charge on any atom is 0.224 e. The van der Waals surface area contributed by atoms with Crippen molar-refractivity contribution in [3.63, 3.8) is 0 Å². The summed E-state index contributed by atoms with van der Waals surface area (Å²) in [6, 6.07) is 8.16. The number of hydrogen-bond donors (Lipinski definition) is 2. The van der Waals surface area contributed by atoms with E-state index in [4.69, 9.17) is 0 Å². The molecule has 0 heterocycles. The first-order valence-electron chi connectivity index (χ1n) is 7.85. The van der Waals surface area contributed by atoms with Crippen molar-refractivity contribution in [2.75, 3.05) is 18.4 Å². The molecule has 0 bridgehead atoms. The number of amides is 1. The first-order chi connectivity index (χ1) is 9.76. The van der Waals surface area contributed by atoms with Crippen molar-refractivity contribution in [3.05, 3.63) is 29.8 Å². The standard InChI is InChI=1S/C17H28N2O/c1-3-5-6-7-8-13-19-16-11-9-15(10-12-16)14-17(20)18-4-2/h9-12,19H,3-8,13-14H2,1-2H3,(H,18,20). The number of nitrogens with one attached hydrogen (secondary N) is 2. The summed E-state index contributed by atoms with van der Waals surface area (Å²) in [7, 11) is 0. The van der Waals surface area contributed by atoms with Gasteiger partial charge in [0, 0.05) is 18.8 Å². The number of likely N-dealkylation sites (N-methyl/N-ethyl adjacent to an activating group) is 1. The van der Waals surface area contributed by atoms with Crippen molar-refractivity contribution < 1.29 is 4.79 Å². The van der Waals surface area contributed by atoms with Crippen molar-refractivity contribution in [1.82, 2.24) is 5.32 Å². The summed E-state index contributed by atoms with van der Waals surface area (Å²) in [5.41, 5.74) is 2.20. The Kier molecular flexibility index (Phi) is 8.52. The summed E-state index contributed by atoms with van der Waals surface area (Å²) in [6.45, 7) is 5.89. The predicted octanol–water partition coefficient (Wildman–Crippen LogP) is 3.75. The zero-order valence-electron chi connectivity index (χ0n) is 12.9. The maximum absolute atomic E-state index is 11.5. The average Bonchev–Trinajstić information content (AvgIpc) is 2.45. The second-order valence-electron chi connectivity index (χ2n) is 5.17. The van der Waals surface area contributed by atoms with E-state index in [1.807, 2.05) is 19.1 Å². The van der Waals surface area contributed by atoms with Crippen LogP contribution in [-0.2, 0) is 11.2 Å². The summed E-state index contributed by atoms with van der Waals surface area (Å²) in [6.07, 6.45) is 6.96. The summed E-state index contributed by atoms with van der Waals surface area (Å²) in [5.74, 6) is 0.0872. The molecule has 1 aromatic carbocycles. The molecule has 0 saturated heterocycles. The molecular formula is C17H28N2O. The summed E-state index contributed by atoms with van der Waals surface area (Å²) >= 11 is 0. The lowest BCUT2D eigenvalue weighted by Gasteiger charge is -2.07. The Morgan fingerprint density at radius 2 is 1.70 bits per heavy atom. The number of benzene rings is 1. The van der Waals surface area contributed by atoms with E-state index >= 15 is 0 Å². The number of hydrogen-bond acceptors (Lipinski definition) is 2. The molecule has 0 unspecified atom stereocenters. The number of carbonyl (C=O) groups is 1. The van der Waals surface area contributed by atoms with Gasteiger partial charge in [-0.3, -0.25) is 4.79 Å². The van der Waals surface area contributed by atoms with Gasteiger partial charge in [-0.05, 0) is 31.0 Å². The van der Waals surface area contributed by atoms with E-state index in [-0.39, 0.29) is 5.91 Å². The largest absolute Gasteiger partial charge is 0.385 e. The molecule has 0 aliphatic heterocycles. The average molecular weight is 276 g/mol. The molecule has 1 amide bonds. The molecule has 0 aliphatic carbocycles. The molecule has 2 N–H and O–H groups in total. The third kappa shape index (κ3) is 7.17. The monoisotopic (exact) mass is 276 g/mol. The fourth-order valence-electron chi connectivity index (χ4n) is 2.15. The third-order valence-electron chi connectivity index (χ3n) is 3.30. The van der Waals surface area contributed by atoms with E-state index in [9.17, 15) is 4.79 Å². The third-order valence-corrected chi connectivity index (χ3v) is 3.30. The van der Waals surface area contributed by atoms with Gasteiger partial charge in [0.2, 0.25) is 5.91 Å². The van der Waals surface area contributed by atoms with Crippen LogP contribution in [0.15, 0.2) is 24.3 Å². The molecule has 3 nitrogen and oxygen atoms in total. The summed E-state index contributed by atoms with van der Waals surface area (Å²) < 4.78 is 0. The van der Waals surface area contributed by atoms with E-state index in [2.05, 4.69) is 29.7 Å². The second-order valence-corrected chi connectivity index (χ2v) is 5.17. The van der Waals surface area contributed by atoms with Crippen molar-refractivity contribution in [2.24, 2.45) is 0 Å². The van der Waals surface area contributed by atoms with Crippen LogP contribution in [0.3, 0.4) is 0 Å². The topological polar surface area (TPSA) is 41.1 Å². The number of rotatable bonds is 10. The normalized spacial score (nSPS) is 10.3. The van der Waals surface area contributed by atoms with Gasteiger partial charge >= 0.3 is 0 Å². The molecule has 0 aromatic heterocycles. The Hall–Kier alpha value is -1.51. The molecular weight excluding hydrogens is 248 g/mol. The van der Waals surface area contributed by atoms with Gasteiger partial charge in [0.15, 0.2) is 0 Å². The molecule has 0 aliphatic rings. The fourth-order valence-corrected chi connectivity index (χ4v) is 2.15. The van der Waals surface area contributed by atoms with Gasteiger partial charge in [0.05, 0.1) is 6.42 Å². The lowest BCUT2D eigenvalue weighted by Crippen LogP contribution is -2.24. The molecule has 0 fully saturated rings. The Labute approximate surface area is 123 Å². The van der Waals surface area contributed by atoms with Gasteiger partial charge in [-0.2, -0.15) is 0 Å². The highest BCUT2D eigenvalue weighted by atomic mass is 16.1. The fraction of sp³-hybridized carbons (Fsp3) is 0.588. The Bertz CT molecular complexity index is 373. The zero-order chi connectivity index (χ0) is 14.6. The minimum atomic E-state index is 0.0872. The molecule has 112 valence electrons. The highest BCUT2D eigenvalue weighted by molar-refractivity contribution is 5.78. The summed E-state index contributed by atoms with van der Waals surface area (Å²) in [4.78, 5) is 11.5. The minimum Gasteiger partial charge on any atom is -0.385 e. The van der Waals surface area contributed by atoms with E-state index in [0.717, 1.165) is 17.8 Å². The first-order valence-corrected chi connectivity index (χ1v) is 7.85. The molecule has 1 rings (SSSR count). The van der Waals surface area contributed by atoms with Crippen LogP contribution in [0.4, 0.5) is 5.69 Å². The molecule has 0 atom stereocenters. The van der Waals surface area contributed by atoms with E-state index < -0.39 is 0 Å². The highest BCUT2D eigenvalue weighted by Gasteiger charge is 2.01. The van der Waals surface area contributed by atoms with Crippen molar-refractivity contribution in [2.45, 2.75) is 52.4 Å². The Morgan fingerprint density at radius 3 is 2.35 bits per heavy atom. The van der Waals surface area contributed by atoms with Gasteiger partial charge in [-0.25, -0.2) is 0 Å². The van der Waals surface area contributed by atoms with Crippen LogP contribution in [0.1, 0.15) is 51.5 Å². The molecule has 0 radical (unpaired) electrons. The number of anilines is 1. The number of carbonyl (C=O) groups excluding carboxylic acids is 1. The summed E-state index contributed by atoms with van der Waals surface area (Å²) in [5, 5.41) is 6.24. The van der Waals surface area contributed by atoms with Crippen LogP contribution in [0.5, 0.6) is 0 Å². The van der Waals surface area contributed by atoms with Gasteiger partial charge in [-0.1, -0.05) is 44.7 Å². The molecule has 0 spiro atoms. The van der Waals surface area contributed by atoms with Crippen LogP contribution in [0.25, 0.3) is 0 Å². The second kappa shape index (κ2) is 10.3. The van der Waals surface area contributed by atoms with Crippen molar-refractivity contribution in [1.29, 1.82) is 0 Å². The lowest BCUT2D eigenvalue weighted by atomic mass is 10.1. The maximum atomic E-state index is 11.5. The van der Waals surface area contributed by atoms with E-state index in [0.29, 0.717) is 13.0 Å². The van der Waals surface area contributed by atoms with Gasteiger partial charge < -0.3 is 10.6 Å². The highest BCUT2D eigenvalue weighted by Crippen LogP contribution is 2.11. The smallest absolute Gasteiger partial charge is 0.224 e. The molecule has 0 saturated carbocycles. The van der Waals surface area contributed by atoms with E-state index in [1.54, 1.807) is 0 Å². The lowest BCUT2D eigenvalue weighted by molar-refractivity contribution is -0.120. The zero-order valence-corrected chi connectivity index (χ0v) is 12.9. The van der Waals surface area contributed by atoms with Crippen LogP contribution in [-0.4, -0.2) is 19.0 Å². The van der Waals surface area contributed by atoms with Gasteiger partial charge in [0.25, 0.3) is 0 Å². The van der Waals surface area contributed by atoms with Crippen LogP contribution >= 0.6 is 0 Å². The van der Waals surface area contributed by atoms with Gasteiger partial charge in [0.1, 0.15) is 0 Å². The Morgan fingerprint density at radius 1 is 1.00 bits per heavy atom. The quantitative estimate of drug-likeness (QED) is 0.639. The number of unbranched alkanes of at least 4 members (excludes halogenated alkanes) is 4. The molecule has 1 aromatic rings. The first kappa shape index (κ1) is 16.5.